The molecule has 4 nitrogen and oxygen atoms in total. The number of rotatable bonds is 5. The Labute approximate surface area is 319 Å². The molecule has 55 heavy (non-hydrogen) atoms. The summed E-state index contributed by atoms with van der Waals surface area (Å²) in [5.74, 6) is 0.687. The van der Waals surface area contributed by atoms with Gasteiger partial charge in [-0.3, -0.25) is 0 Å². The van der Waals surface area contributed by atoms with Crippen LogP contribution in [0, 0.1) is 0 Å². The van der Waals surface area contributed by atoms with E-state index in [2.05, 4.69) is 189 Å². The molecule has 0 unspecified atom stereocenters. The van der Waals surface area contributed by atoms with Crippen molar-refractivity contribution < 1.29 is 4.42 Å². The molecular formula is C51H35N3O. The highest BCUT2D eigenvalue weighted by atomic mass is 16.3. The molecular weight excluding hydrogens is 671 g/mol. The van der Waals surface area contributed by atoms with Crippen LogP contribution in [0.25, 0.3) is 77.4 Å². The summed E-state index contributed by atoms with van der Waals surface area (Å²) in [6.07, 6.45) is 0. The second-order valence-electron chi connectivity index (χ2n) is 15.0. The summed E-state index contributed by atoms with van der Waals surface area (Å²) in [5.41, 5.74) is 14.1. The van der Waals surface area contributed by atoms with Crippen molar-refractivity contribution in [2.45, 2.75) is 19.3 Å². The van der Waals surface area contributed by atoms with E-state index in [-0.39, 0.29) is 5.41 Å². The average Bonchev–Trinajstić information content (AvgIpc) is 3.73. The number of fused-ring (bicyclic) bond motifs is 9. The third-order valence-corrected chi connectivity index (χ3v) is 11.5. The Bertz CT molecular complexity index is 3120. The summed E-state index contributed by atoms with van der Waals surface area (Å²) < 4.78 is 6.44. The molecule has 1 aliphatic rings. The summed E-state index contributed by atoms with van der Waals surface area (Å²) in [4.78, 5) is 12.7. The zero-order chi connectivity index (χ0) is 36.7. The fourth-order valence-corrected chi connectivity index (χ4v) is 8.69. The minimum Gasteiger partial charge on any atom is -0.455 e. The summed E-state index contributed by atoms with van der Waals surface area (Å²) in [7, 11) is 0. The van der Waals surface area contributed by atoms with E-state index in [0.717, 1.165) is 72.1 Å². The van der Waals surface area contributed by atoms with Gasteiger partial charge < -0.3 is 9.32 Å². The van der Waals surface area contributed by atoms with E-state index in [1.54, 1.807) is 0 Å². The predicted octanol–water partition coefficient (Wildman–Crippen LogP) is 13.8. The second-order valence-corrected chi connectivity index (χ2v) is 15.0. The van der Waals surface area contributed by atoms with Gasteiger partial charge in [-0.25, -0.2) is 9.97 Å². The van der Waals surface area contributed by atoms with Crippen LogP contribution in [0.1, 0.15) is 25.0 Å². The maximum atomic E-state index is 6.44. The van der Waals surface area contributed by atoms with E-state index in [1.807, 2.05) is 6.07 Å². The summed E-state index contributed by atoms with van der Waals surface area (Å²) >= 11 is 0. The Balaban J connectivity index is 1.01. The van der Waals surface area contributed by atoms with Crippen molar-refractivity contribution in [3.8, 4) is 33.8 Å². The van der Waals surface area contributed by atoms with Crippen LogP contribution >= 0.6 is 0 Å². The van der Waals surface area contributed by atoms with Crippen LogP contribution < -0.4 is 4.90 Å². The molecule has 0 saturated carbocycles. The Morgan fingerprint density at radius 3 is 2.04 bits per heavy atom. The number of benzene rings is 8. The number of nitrogens with zero attached hydrogens (tertiary/aromatic N) is 3. The first-order valence-corrected chi connectivity index (χ1v) is 18.8. The highest BCUT2D eigenvalue weighted by Gasteiger charge is 2.35. The van der Waals surface area contributed by atoms with Gasteiger partial charge in [0.2, 0.25) is 0 Å². The molecule has 0 saturated heterocycles. The summed E-state index contributed by atoms with van der Waals surface area (Å²) in [6.45, 7) is 4.66. The third kappa shape index (κ3) is 4.92. The zero-order valence-electron chi connectivity index (χ0n) is 30.5. The van der Waals surface area contributed by atoms with Crippen molar-refractivity contribution in [3.05, 3.63) is 187 Å². The van der Waals surface area contributed by atoms with E-state index >= 15 is 0 Å². The number of hydrogen-bond donors (Lipinski definition) is 0. The molecule has 8 aromatic carbocycles. The van der Waals surface area contributed by atoms with Gasteiger partial charge in [0.15, 0.2) is 5.82 Å². The topological polar surface area (TPSA) is 42.2 Å². The van der Waals surface area contributed by atoms with Gasteiger partial charge in [0.1, 0.15) is 11.2 Å². The summed E-state index contributed by atoms with van der Waals surface area (Å²) in [6, 6.07) is 62.3. The standard InChI is InChI=1S/C51H35N3O/c1-51(2)44-18-10-8-16-39(44)40-28-26-37(31-45(40)51)54(35-13-4-3-5-14-35)36-24-20-33(21-25-36)50-52-46-19-11-9-17-42(46)48(53-50)34-23-29-47-43(30-34)41-27-22-32-12-6-7-15-38(32)49(41)55-47/h3-31H,1-2H3. The molecule has 0 atom stereocenters. The average molecular weight is 706 g/mol. The van der Waals surface area contributed by atoms with Gasteiger partial charge in [-0.2, -0.15) is 0 Å². The molecule has 0 spiro atoms. The van der Waals surface area contributed by atoms with Crippen LogP contribution in [0.4, 0.5) is 17.1 Å². The van der Waals surface area contributed by atoms with Gasteiger partial charge in [-0.15, -0.1) is 0 Å². The first kappa shape index (κ1) is 31.5. The number of hydrogen-bond acceptors (Lipinski definition) is 4. The van der Waals surface area contributed by atoms with Crippen molar-refractivity contribution in [2.75, 3.05) is 4.90 Å². The van der Waals surface area contributed by atoms with Gasteiger partial charge in [0.05, 0.1) is 11.2 Å². The molecule has 10 aromatic rings. The van der Waals surface area contributed by atoms with Crippen LogP contribution in [0.3, 0.4) is 0 Å². The first-order chi connectivity index (χ1) is 27.0. The Morgan fingerprint density at radius 1 is 0.473 bits per heavy atom. The van der Waals surface area contributed by atoms with E-state index in [4.69, 9.17) is 14.4 Å². The zero-order valence-corrected chi connectivity index (χ0v) is 30.5. The smallest absolute Gasteiger partial charge is 0.160 e. The van der Waals surface area contributed by atoms with E-state index < -0.39 is 0 Å². The third-order valence-electron chi connectivity index (χ3n) is 11.5. The molecule has 260 valence electrons. The van der Waals surface area contributed by atoms with Gasteiger partial charge in [-0.05, 0) is 107 Å². The van der Waals surface area contributed by atoms with Crippen molar-refractivity contribution in [2.24, 2.45) is 0 Å². The largest absolute Gasteiger partial charge is 0.455 e. The van der Waals surface area contributed by atoms with E-state index in [0.29, 0.717) is 5.82 Å². The van der Waals surface area contributed by atoms with Gasteiger partial charge in [0.25, 0.3) is 0 Å². The number of furan rings is 1. The number of aromatic nitrogens is 2. The highest BCUT2D eigenvalue weighted by molar-refractivity contribution is 6.15. The Kier molecular flexibility index (Phi) is 6.86. The fourth-order valence-electron chi connectivity index (χ4n) is 8.69. The lowest BCUT2D eigenvalue weighted by molar-refractivity contribution is 0.660. The maximum Gasteiger partial charge on any atom is 0.160 e. The van der Waals surface area contributed by atoms with E-state index in [9.17, 15) is 0 Å². The predicted molar refractivity (Wildman–Crippen MR) is 227 cm³/mol. The molecule has 4 heteroatoms. The second kappa shape index (κ2) is 12.0. The highest BCUT2D eigenvalue weighted by Crippen LogP contribution is 2.50. The van der Waals surface area contributed by atoms with Crippen molar-refractivity contribution >= 4 is 60.7 Å². The van der Waals surface area contributed by atoms with Gasteiger partial charge in [0, 0.05) is 55.1 Å². The lowest BCUT2D eigenvalue weighted by Crippen LogP contribution is -2.16. The molecule has 2 aromatic heterocycles. The van der Waals surface area contributed by atoms with Crippen molar-refractivity contribution in [3.63, 3.8) is 0 Å². The van der Waals surface area contributed by atoms with Gasteiger partial charge >= 0.3 is 0 Å². The van der Waals surface area contributed by atoms with Crippen LogP contribution in [0.5, 0.6) is 0 Å². The summed E-state index contributed by atoms with van der Waals surface area (Å²) in [5, 5.41) is 5.47. The normalized spacial score (nSPS) is 13.1. The SMILES string of the molecule is CC1(C)c2ccccc2-c2ccc(N(c3ccccc3)c3ccc(-c4nc(-c5ccc6oc7c8ccccc8ccc7c6c5)c5ccccc5n4)cc3)cc21. The fraction of sp³-hybridized carbons (Fsp3) is 0.0588. The lowest BCUT2D eigenvalue weighted by atomic mass is 9.82. The Hall–Kier alpha value is -7.04. The molecule has 11 rings (SSSR count). The minimum absolute atomic E-state index is 0.0943. The Morgan fingerprint density at radius 2 is 1.16 bits per heavy atom. The molecule has 0 bridgehead atoms. The monoisotopic (exact) mass is 705 g/mol. The van der Waals surface area contributed by atoms with Crippen LogP contribution in [-0.2, 0) is 5.41 Å². The minimum atomic E-state index is -0.0943. The molecule has 0 radical (unpaired) electrons. The quantitative estimate of drug-likeness (QED) is 0.179. The molecule has 1 aliphatic carbocycles. The van der Waals surface area contributed by atoms with Gasteiger partial charge in [-0.1, -0.05) is 111 Å². The molecule has 0 fully saturated rings. The molecule has 0 N–H and O–H groups in total. The van der Waals surface area contributed by atoms with E-state index in [1.165, 1.54) is 27.6 Å². The lowest BCUT2D eigenvalue weighted by Gasteiger charge is -2.28. The van der Waals surface area contributed by atoms with Crippen LogP contribution in [0.2, 0.25) is 0 Å². The number of para-hydroxylation sites is 2. The molecule has 2 heterocycles. The number of anilines is 3. The molecule has 0 amide bonds. The van der Waals surface area contributed by atoms with Crippen molar-refractivity contribution in [1.29, 1.82) is 0 Å². The first-order valence-electron chi connectivity index (χ1n) is 18.8. The van der Waals surface area contributed by atoms with Crippen LogP contribution in [-0.4, -0.2) is 9.97 Å². The van der Waals surface area contributed by atoms with Crippen molar-refractivity contribution in [1.82, 2.24) is 9.97 Å². The molecule has 0 aliphatic heterocycles. The maximum absolute atomic E-state index is 6.44. The van der Waals surface area contributed by atoms with Crippen LogP contribution in [0.15, 0.2) is 180 Å².